The molecule has 0 bridgehead atoms. The molecule has 0 spiro atoms. The third-order valence-electron chi connectivity index (χ3n) is 2.67. The molecule has 0 radical (unpaired) electrons. The van der Waals surface area contributed by atoms with Crippen molar-refractivity contribution in [1.82, 2.24) is 0 Å². The zero-order valence-corrected chi connectivity index (χ0v) is 11.5. The van der Waals surface area contributed by atoms with Gasteiger partial charge in [-0.25, -0.2) is 0 Å². The summed E-state index contributed by atoms with van der Waals surface area (Å²) < 4.78 is 0. The Labute approximate surface area is 120 Å². The van der Waals surface area contributed by atoms with E-state index in [2.05, 4.69) is 13.2 Å². The Morgan fingerprint density at radius 2 is 1.40 bits per heavy atom. The maximum Gasteiger partial charge on any atom is 0.119 e. The van der Waals surface area contributed by atoms with E-state index in [4.69, 9.17) is 5.11 Å². The molecule has 0 aliphatic heterocycles. The van der Waals surface area contributed by atoms with E-state index in [-0.39, 0.29) is 0 Å². The summed E-state index contributed by atoms with van der Waals surface area (Å²) in [5.41, 5.74) is 2.10. The van der Waals surface area contributed by atoms with Crippen molar-refractivity contribution in [3.63, 3.8) is 0 Å². The van der Waals surface area contributed by atoms with Gasteiger partial charge in [0.2, 0.25) is 0 Å². The van der Waals surface area contributed by atoms with E-state index < -0.39 is 0 Å². The third kappa shape index (κ3) is 5.44. The highest BCUT2D eigenvalue weighted by atomic mass is 16.3. The molecule has 2 nitrogen and oxygen atoms in total. The molecule has 2 N–H and O–H groups in total. The molecule has 0 saturated heterocycles. The summed E-state index contributed by atoms with van der Waals surface area (Å²) in [6, 6.07) is 14.4. The van der Waals surface area contributed by atoms with Crippen molar-refractivity contribution in [2.45, 2.75) is 12.8 Å². The summed E-state index contributed by atoms with van der Waals surface area (Å²) in [7, 11) is 0. The van der Waals surface area contributed by atoms with Crippen molar-refractivity contribution >= 4 is 0 Å². The number of phenolic OH excluding ortho intramolecular Hbond substituents is 2. The number of para-hydroxylation sites is 1. The largest absolute Gasteiger partial charge is 0.508 e. The summed E-state index contributed by atoms with van der Waals surface area (Å²) in [6.07, 6.45) is 5.20. The van der Waals surface area contributed by atoms with Crippen LogP contribution in [0.1, 0.15) is 11.1 Å². The lowest BCUT2D eigenvalue weighted by Gasteiger charge is -1.97. The molecule has 20 heavy (non-hydrogen) atoms. The Hall–Kier alpha value is -2.48. The van der Waals surface area contributed by atoms with Crippen molar-refractivity contribution in [3.05, 3.63) is 85.0 Å². The molecule has 0 atom stereocenters. The summed E-state index contributed by atoms with van der Waals surface area (Å²) in [6.45, 7) is 7.20. The summed E-state index contributed by atoms with van der Waals surface area (Å²) >= 11 is 0. The van der Waals surface area contributed by atoms with Crippen LogP contribution in [0.4, 0.5) is 0 Å². The smallest absolute Gasteiger partial charge is 0.119 e. The van der Waals surface area contributed by atoms with E-state index in [1.165, 1.54) is 5.56 Å². The number of hydrogen-bond acceptors (Lipinski definition) is 2. The first-order valence-electron chi connectivity index (χ1n) is 6.44. The Morgan fingerprint density at radius 1 is 0.800 bits per heavy atom. The van der Waals surface area contributed by atoms with Crippen LogP contribution in [0.25, 0.3) is 0 Å². The standard InChI is InChI=1S/2C9H10O/c1-2-5-8-6-3-4-7-9(8)10;1-2-3-8-4-6-9(10)7-5-8/h2-4,6-7,10H,1,5H2;2,4-7,10H,1,3H2. The van der Waals surface area contributed by atoms with Crippen LogP contribution in [0.2, 0.25) is 0 Å². The second kappa shape index (κ2) is 8.59. The summed E-state index contributed by atoms with van der Waals surface area (Å²) in [5.74, 6) is 0.662. The lowest BCUT2D eigenvalue weighted by Crippen LogP contribution is -1.79. The number of benzene rings is 2. The fourth-order valence-corrected chi connectivity index (χ4v) is 1.64. The van der Waals surface area contributed by atoms with Gasteiger partial charge in [-0.2, -0.15) is 0 Å². The number of aromatic hydroxyl groups is 2. The lowest BCUT2D eigenvalue weighted by molar-refractivity contribution is 0.469. The predicted molar refractivity (Wildman–Crippen MR) is 84.0 cm³/mol. The topological polar surface area (TPSA) is 40.5 Å². The number of phenols is 2. The number of rotatable bonds is 4. The average molecular weight is 268 g/mol. The molecule has 104 valence electrons. The van der Waals surface area contributed by atoms with Crippen molar-refractivity contribution in [3.8, 4) is 11.5 Å². The van der Waals surface area contributed by atoms with Crippen molar-refractivity contribution in [2.75, 3.05) is 0 Å². The van der Waals surface area contributed by atoms with Crippen LogP contribution in [0.5, 0.6) is 11.5 Å². The quantitative estimate of drug-likeness (QED) is 0.814. The van der Waals surface area contributed by atoms with E-state index in [0.717, 1.165) is 18.4 Å². The summed E-state index contributed by atoms with van der Waals surface area (Å²) in [4.78, 5) is 0. The molecule has 0 aromatic heterocycles. The molecule has 0 amide bonds. The van der Waals surface area contributed by atoms with E-state index in [1.807, 2.05) is 36.4 Å². The minimum absolute atomic E-state index is 0.313. The minimum atomic E-state index is 0.313. The summed E-state index contributed by atoms with van der Waals surface area (Å²) in [5, 5.41) is 18.1. The van der Waals surface area contributed by atoms with Crippen LogP contribution in [-0.2, 0) is 12.8 Å². The minimum Gasteiger partial charge on any atom is -0.508 e. The van der Waals surface area contributed by atoms with E-state index in [1.54, 1.807) is 24.3 Å². The number of hydrogen-bond donors (Lipinski definition) is 2. The Kier molecular flexibility index (Phi) is 6.69. The maximum absolute atomic E-state index is 9.19. The molecule has 0 aliphatic rings. The van der Waals surface area contributed by atoms with Crippen LogP contribution in [-0.4, -0.2) is 10.2 Å². The average Bonchev–Trinajstić information content (AvgIpc) is 2.45. The Balaban J connectivity index is 0.000000200. The van der Waals surface area contributed by atoms with Crippen molar-refractivity contribution in [1.29, 1.82) is 0 Å². The Bertz CT molecular complexity index is 542. The monoisotopic (exact) mass is 268 g/mol. The van der Waals surface area contributed by atoms with Crippen molar-refractivity contribution in [2.24, 2.45) is 0 Å². The van der Waals surface area contributed by atoms with Gasteiger partial charge in [0.25, 0.3) is 0 Å². The Morgan fingerprint density at radius 3 is 1.95 bits per heavy atom. The molecule has 2 heteroatoms. The van der Waals surface area contributed by atoms with Crippen molar-refractivity contribution < 1.29 is 10.2 Å². The molecule has 0 saturated carbocycles. The second-order valence-corrected chi connectivity index (χ2v) is 4.28. The first kappa shape index (κ1) is 15.6. The van der Waals surface area contributed by atoms with E-state index in [0.29, 0.717) is 11.5 Å². The van der Waals surface area contributed by atoms with Gasteiger partial charge in [0.1, 0.15) is 11.5 Å². The molecule has 0 fully saturated rings. The highest BCUT2D eigenvalue weighted by Gasteiger charge is 1.93. The molecule has 0 unspecified atom stereocenters. The number of allylic oxidation sites excluding steroid dienone is 2. The highest BCUT2D eigenvalue weighted by Crippen LogP contribution is 2.15. The molecule has 0 aliphatic carbocycles. The van der Waals surface area contributed by atoms with Crippen LogP contribution in [0.15, 0.2) is 73.8 Å². The normalized spacial score (nSPS) is 9.20. The SMILES string of the molecule is C=CCc1ccc(O)cc1.C=CCc1ccccc1O. The van der Waals surface area contributed by atoms with Crippen LogP contribution >= 0.6 is 0 Å². The molecule has 2 aromatic carbocycles. The maximum atomic E-state index is 9.19. The van der Waals surface area contributed by atoms with Gasteiger partial charge in [-0.1, -0.05) is 42.5 Å². The van der Waals surface area contributed by atoms with Gasteiger partial charge < -0.3 is 10.2 Å². The van der Waals surface area contributed by atoms with Gasteiger partial charge in [-0.3, -0.25) is 0 Å². The van der Waals surface area contributed by atoms with Gasteiger partial charge in [0.05, 0.1) is 0 Å². The third-order valence-corrected chi connectivity index (χ3v) is 2.67. The van der Waals surface area contributed by atoms with Crippen LogP contribution < -0.4 is 0 Å². The van der Waals surface area contributed by atoms with Gasteiger partial charge in [0, 0.05) is 0 Å². The molecule has 0 heterocycles. The first-order chi connectivity index (χ1) is 9.67. The van der Waals surface area contributed by atoms with E-state index >= 15 is 0 Å². The highest BCUT2D eigenvalue weighted by molar-refractivity contribution is 5.32. The molecule has 2 aromatic rings. The molecular formula is C18H20O2. The molecular weight excluding hydrogens is 248 g/mol. The zero-order valence-electron chi connectivity index (χ0n) is 11.5. The lowest BCUT2D eigenvalue weighted by atomic mass is 10.1. The van der Waals surface area contributed by atoms with Gasteiger partial charge in [-0.05, 0) is 42.2 Å². The van der Waals surface area contributed by atoms with Crippen LogP contribution in [0, 0.1) is 0 Å². The zero-order chi connectivity index (χ0) is 14.8. The van der Waals surface area contributed by atoms with Gasteiger partial charge in [-0.15, -0.1) is 13.2 Å². The van der Waals surface area contributed by atoms with Gasteiger partial charge >= 0.3 is 0 Å². The second-order valence-electron chi connectivity index (χ2n) is 4.28. The first-order valence-corrected chi connectivity index (χ1v) is 6.44. The van der Waals surface area contributed by atoms with Crippen LogP contribution in [0.3, 0.4) is 0 Å². The van der Waals surface area contributed by atoms with E-state index in [9.17, 15) is 5.11 Å². The predicted octanol–water partition coefficient (Wildman–Crippen LogP) is 4.24. The van der Waals surface area contributed by atoms with Gasteiger partial charge in [0.15, 0.2) is 0 Å². The fraction of sp³-hybridized carbons (Fsp3) is 0.111. The molecule has 2 rings (SSSR count). The fourth-order valence-electron chi connectivity index (χ4n) is 1.64.